The van der Waals surface area contributed by atoms with Gasteiger partial charge in [0.1, 0.15) is 0 Å². The Bertz CT molecular complexity index is 3260. The Morgan fingerprint density at radius 2 is 0.942 bits per heavy atom. The summed E-state index contributed by atoms with van der Waals surface area (Å²) in [4.78, 5) is 0. The van der Waals surface area contributed by atoms with Gasteiger partial charge in [0, 0.05) is 32.9 Å². The molecule has 0 spiro atoms. The Labute approximate surface area is 300 Å². The number of hydrogen-bond donors (Lipinski definition) is 0. The third-order valence-corrected chi connectivity index (χ3v) is 11.4. The average Bonchev–Trinajstić information content (AvgIpc) is 3.85. The molecule has 0 radical (unpaired) electrons. The Hall–Kier alpha value is -6.90. The number of benzene rings is 9. The molecule has 1 aliphatic rings. The van der Waals surface area contributed by atoms with Crippen LogP contribution in [0.3, 0.4) is 0 Å². The molecule has 52 heavy (non-hydrogen) atoms. The molecular formula is C50H30N2. The lowest BCUT2D eigenvalue weighted by Crippen LogP contribution is -1.96. The minimum Gasteiger partial charge on any atom is -0.309 e. The molecule has 2 heteroatoms. The maximum atomic E-state index is 2.50. The summed E-state index contributed by atoms with van der Waals surface area (Å²) < 4.78 is 4.98. The first kappa shape index (κ1) is 27.9. The third kappa shape index (κ3) is 3.68. The van der Waals surface area contributed by atoms with Gasteiger partial charge in [-0.2, -0.15) is 0 Å². The van der Waals surface area contributed by atoms with Gasteiger partial charge < -0.3 is 9.13 Å². The zero-order chi connectivity index (χ0) is 33.9. The van der Waals surface area contributed by atoms with E-state index in [4.69, 9.17) is 0 Å². The molecule has 240 valence electrons. The minimum absolute atomic E-state index is 1.16. The fraction of sp³-hybridized carbons (Fsp3) is 0. The van der Waals surface area contributed by atoms with E-state index < -0.39 is 0 Å². The van der Waals surface area contributed by atoms with Crippen molar-refractivity contribution in [2.45, 2.75) is 0 Å². The highest BCUT2D eigenvalue weighted by Crippen LogP contribution is 2.49. The van der Waals surface area contributed by atoms with Crippen LogP contribution in [0.1, 0.15) is 0 Å². The average molecular weight is 659 g/mol. The van der Waals surface area contributed by atoms with Crippen LogP contribution in [-0.4, -0.2) is 9.13 Å². The predicted molar refractivity (Wildman–Crippen MR) is 220 cm³/mol. The zero-order valence-electron chi connectivity index (χ0n) is 28.2. The summed E-state index contributed by atoms with van der Waals surface area (Å²) >= 11 is 0. The number of nitrogens with zero attached hydrogens (tertiary/aromatic N) is 2. The molecule has 11 aromatic rings. The second-order valence-electron chi connectivity index (χ2n) is 14.1. The summed E-state index contributed by atoms with van der Waals surface area (Å²) in [5, 5.41) is 10.3. The van der Waals surface area contributed by atoms with E-state index in [1.54, 1.807) is 0 Å². The highest BCUT2D eigenvalue weighted by Gasteiger charge is 2.25. The van der Waals surface area contributed by atoms with Gasteiger partial charge in [0.2, 0.25) is 0 Å². The van der Waals surface area contributed by atoms with Crippen molar-refractivity contribution in [3.05, 3.63) is 182 Å². The largest absolute Gasteiger partial charge is 0.309 e. The van der Waals surface area contributed by atoms with Crippen LogP contribution in [0.25, 0.3) is 110 Å². The van der Waals surface area contributed by atoms with Crippen LogP contribution in [0.4, 0.5) is 0 Å². The topological polar surface area (TPSA) is 9.86 Å². The molecule has 0 aliphatic heterocycles. The maximum Gasteiger partial charge on any atom is 0.0641 e. The van der Waals surface area contributed by atoms with Crippen LogP contribution in [-0.2, 0) is 0 Å². The summed E-state index contributed by atoms with van der Waals surface area (Å²) in [5.74, 6) is 0. The van der Waals surface area contributed by atoms with Gasteiger partial charge >= 0.3 is 0 Å². The van der Waals surface area contributed by atoms with E-state index >= 15 is 0 Å². The van der Waals surface area contributed by atoms with E-state index in [-0.39, 0.29) is 0 Å². The molecule has 2 aromatic heterocycles. The van der Waals surface area contributed by atoms with Crippen molar-refractivity contribution < 1.29 is 0 Å². The van der Waals surface area contributed by atoms with Crippen molar-refractivity contribution in [1.82, 2.24) is 9.13 Å². The summed E-state index contributed by atoms with van der Waals surface area (Å²) in [5.41, 5.74) is 14.9. The fourth-order valence-corrected chi connectivity index (χ4v) is 9.22. The minimum atomic E-state index is 1.16. The lowest BCUT2D eigenvalue weighted by Gasteiger charge is -2.12. The summed E-state index contributed by atoms with van der Waals surface area (Å²) in [6, 6.07) is 67.2. The highest BCUT2D eigenvalue weighted by molar-refractivity contribution is 6.30. The smallest absolute Gasteiger partial charge is 0.0641 e. The second kappa shape index (κ2) is 10.3. The SMILES string of the molecule is c1ccc(-c2ccc(-n3c4ccc5ccccc5c4c4ccc5c(c6ccccc6n5-c5ccc6c(c5)-c5cccc7cccc-6c57)c43)cc2)cc1. The molecule has 0 saturated heterocycles. The molecule has 12 rings (SSSR count). The van der Waals surface area contributed by atoms with Crippen LogP contribution in [0, 0.1) is 0 Å². The predicted octanol–water partition coefficient (Wildman–Crippen LogP) is 13.5. The number of rotatable bonds is 3. The van der Waals surface area contributed by atoms with Crippen molar-refractivity contribution >= 4 is 65.2 Å². The molecule has 0 bridgehead atoms. The van der Waals surface area contributed by atoms with Crippen LogP contribution >= 0.6 is 0 Å². The van der Waals surface area contributed by atoms with Crippen LogP contribution < -0.4 is 0 Å². The van der Waals surface area contributed by atoms with Crippen molar-refractivity contribution in [2.75, 3.05) is 0 Å². The van der Waals surface area contributed by atoms with Crippen LogP contribution in [0.5, 0.6) is 0 Å². The van der Waals surface area contributed by atoms with Crippen molar-refractivity contribution in [3.63, 3.8) is 0 Å². The van der Waals surface area contributed by atoms with Gasteiger partial charge in [0.25, 0.3) is 0 Å². The number of aromatic nitrogens is 2. The third-order valence-electron chi connectivity index (χ3n) is 11.4. The lowest BCUT2D eigenvalue weighted by atomic mass is 10.0. The normalized spacial score (nSPS) is 12.2. The molecular weight excluding hydrogens is 629 g/mol. The molecule has 0 fully saturated rings. The monoisotopic (exact) mass is 658 g/mol. The Kier molecular flexibility index (Phi) is 5.53. The van der Waals surface area contributed by atoms with Crippen molar-refractivity contribution in [3.8, 4) is 44.8 Å². The first-order valence-corrected chi connectivity index (χ1v) is 18.0. The molecule has 0 saturated carbocycles. The van der Waals surface area contributed by atoms with Gasteiger partial charge in [-0.1, -0.05) is 140 Å². The molecule has 0 unspecified atom stereocenters. The fourth-order valence-electron chi connectivity index (χ4n) is 9.22. The maximum absolute atomic E-state index is 2.50. The molecule has 0 N–H and O–H groups in total. The van der Waals surface area contributed by atoms with Gasteiger partial charge in [-0.15, -0.1) is 0 Å². The zero-order valence-corrected chi connectivity index (χ0v) is 28.2. The van der Waals surface area contributed by atoms with Gasteiger partial charge in [-0.3, -0.25) is 0 Å². The van der Waals surface area contributed by atoms with Crippen LogP contribution in [0.2, 0.25) is 0 Å². The van der Waals surface area contributed by atoms with Crippen LogP contribution in [0.15, 0.2) is 182 Å². The van der Waals surface area contributed by atoms with Gasteiger partial charge in [0.05, 0.1) is 22.1 Å². The second-order valence-corrected chi connectivity index (χ2v) is 14.1. The van der Waals surface area contributed by atoms with Gasteiger partial charge in [-0.05, 0) is 97.4 Å². The molecule has 0 amide bonds. The molecule has 1 aliphatic carbocycles. The summed E-state index contributed by atoms with van der Waals surface area (Å²) in [6.45, 7) is 0. The first-order chi connectivity index (χ1) is 25.8. The lowest BCUT2D eigenvalue weighted by molar-refractivity contribution is 1.18. The van der Waals surface area contributed by atoms with E-state index in [1.807, 2.05) is 0 Å². The summed E-state index contributed by atoms with van der Waals surface area (Å²) in [7, 11) is 0. The van der Waals surface area contributed by atoms with E-state index in [2.05, 4.69) is 191 Å². The molecule has 0 atom stereocenters. The first-order valence-electron chi connectivity index (χ1n) is 18.0. The quantitative estimate of drug-likeness (QED) is 0.179. The molecule has 2 heterocycles. The highest BCUT2D eigenvalue weighted by atomic mass is 15.0. The van der Waals surface area contributed by atoms with E-state index in [0.29, 0.717) is 0 Å². The number of para-hydroxylation sites is 1. The van der Waals surface area contributed by atoms with Gasteiger partial charge in [-0.25, -0.2) is 0 Å². The van der Waals surface area contributed by atoms with E-state index in [9.17, 15) is 0 Å². The number of hydrogen-bond acceptors (Lipinski definition) is 0. The van der Waals surface area contributed by atoms with E-state index in [1.165, 1.54) is 104 Å². The molecule has 9 aromatic carbocycles. The Morgan fingerprint density at radius 3 is 1.79 bits per heavy atom. The Morgan fingerprint density at radius 1 is 0.288 bits per heavy atom. The molecule has 2 nitrogen and oxygen atoms in total. The number of fused-ring (bicyclic) bond motifs is 12. The summed E-state index contributed by atoms with van der Waals surface area (Å²) in [6.07, 6.45) is 0. The standard InChI is InChI=1S/C50H30N2/c1-2-10-31(11-3-1)32-20-23-35(24-21-32)52-45-28-22-33-12-4-5-15-37(33)48(45)42-27-29-46-49(50(42)52)41-16-6-7-19-44(41)51(46)36-25-26-38-39-17-8-13-34-14-9-18-40(47(34)39)43(38)30-36/h1-30H. The van der Waals surface area contributed by atoms with Crippen molar-refractivity contribution in [1.29, 1.82) is 0 Å². The van der Waals surface area contributed by atoms with Crippen molar-refractivity contribution in [2.24, 2.45) is 0 Å². The van der Waals surface area contributed by atoms with Gasteiger partial charge in [0.15, 0.2) is 0 Å². The Balaban J connectivity index is 1.18. The van der Waals surface area contributed by atoms with E-state index in [0.717, 1.165) is 5.69 Å².